The number of hydrogen-bond acceptors (Lipinski definition) is 6. The smallest absolute Gasteiger partial charge is 0.420 e. The number of ether oxygens (including phenoxy) is 2. The summed E-state index contributed by atoms with van der Waals surface area (Å²) in [5, 5.41) is 2.80. The molecular weight excluding hydrogens is 422 g/mol. The van der Waals surface area contributed by atoms with Gasteiger partial charge in [0.1, 0.15) is 18.2 Å². The molecule has 1 unspecified atom stereocenters. The van der Waals surface area contributed by atoms with Crippen molar-refractivity contribution in [2.45, 2.75) is 58.4 Å². The van der Waals surface area contributed by atoms with Crippen molar-refractivity contribution in [1.82, 2.24) is 10.2 Å². The van der Waals surface area contributed by atoms with Crippen LogP contribution in [0.5, 0.6) is 0 Å². The molecule has 3 N–H and O–H groups in total. The van der Waals surface area contributed by atoms with Crippen LogP contribution in [0.2, 0.25) is 0 Å². The normalized spacial score (nSPS) is 11.9. The second-order valence-corrected chi connectivity index (χ2v) is 8.54. The molecule has 2 rings (SSSR count). The van der Waals surface area contributed by atoms with Crippen LogP contribution in [0.15, 0.2) is 60.7 Å². The van der Waals surface area contributed by atoms with Crippen molar-refractivity contribution in [3.63, 3.8) is 0 Å². The van der Waals surface area contributed by atoms with Gasteiger partial charge in [-0.15, -0.1) is 0 Å². The summed E-state index contributed by atoms with van der Waals surface area (Å²) in [5.74, 6) is -0.491. The first-order valence-electron chi connectivity index (χ1n) is 11.0. The first-order valence-corrected chi connectivity index (χ1v) is 11.0. The Bertz CT molecular complexity index is 897. The van der Waals surface area contributed by atoms with Gasteiger partial charge in [-0.2, -0.15) is 4.90 Å². The second kappa shape index (κ2) is 12.6. The lowest BCUT2D eigenvalue weighted by molar-refractivity contribution is -0.126. The Labute approximate surface area is 195 Å². The number of rotatable bonds is 9. The highest BCUT2D eigenvalue weighted by Gasteiger charge is 2.38. The predicted octanol–water partition coefficient (Wildman–Crippen LogP) is 3.98. The Kier molecular flexibility index (Phi) is 9.87. The van der Waals surface area contributed by atoms with Crippen LogP contribution in [-0.4, -0.2) is 41.2 Å². The highest BCUT2D eigenvalue weighted by molar-refractivity contribution is 5.95. The van der Waals surface area contributed by atoms with Gasteiger partial charge in [-0.3, -0.25) is 4.79 Å². The SMILES string of the molecule is CC(C)(C)OC(=O)N(C(=O)OCc1ccccc1)C(CCCN)C(=O)NCc1ccccc1. The monoisotopic (exact) mass is 455 g/mol. The van der Waals surface area contributed by atoms with Crippen LogP contribution >= 0.6 is 0 Å². The number of nitrogens with two attached hydrogens (primary N) is 1. The molecule has 0 spiro atoms. The van der Waals surface area contributed by atoms with Gasteiger partial charge in [-0.25, -0.2) is 9.59 Å². The average Bonchev–Trinajstić information content (AvgIpc) is 2.78. The van der Waals surface area contributed by atoms with Gasteiger partial charge >= 0.3 is 12.2 Å². The fourth-order valence-corrected chi connectivity index (χ4v) is 3.02. The molecule has 3 amide bonds. The van der Waals surface area contributed by atoms with Crippen LogP contribution in [0, 0.1) is 0 Å². The van der Waals surface area contributed by atoms with E-state index in [2.05, 4.69) is 5.32 Å². The Morgan fingerprint density at radius 1 is 0.939 bits per heavy atom. The largest absolute Gasteiger partial charge is 0.444 e. The van der Waals surface area contributed by atoms with E-state index in [-0.39, 0.29) is 19.6 Å². The van der Waals surface area contributed by atoms with Crippen LogP contribution < -0.4 is 11.1 Å². The number of amides is 3. The second-order valence-electron chi connectivity index (χ2n) is 8.54. The van der Waals surface area contributed by atoms with Gasteiger partial charge < -0.3 is 20.5 Å². The average molecular weight is 456 g/mol. The first-order chi connectivity index (χ1) is 15.7. The molecule has 2 aromatic carbocycles. The van der Waals surface area contributed by atoms with Gasteiger partial charge in [-0.05, 0) is 51.3 Å². The maximum absolute atomic E-state index is 13.1. The molecule has 0 saturated carbocycles. The molecular formula is C25H33N3O5. The van der Waals surface area contributed by atoms with Crippen LogP contribution in [-0.2, 0) is 27.4 Å². The van der Waals surface area contributed by atoms with Gasteiger partial charge in [-0.1, -0.05) is 60.7 Å². The molecule has 33 heavy (non-hydrogen) atoms. The summed E-state index contributed by atoms with van der Waals surface area (Å²) in [6, 6.07) is 17.3. The number of nitrogens with zero attached hydrogens (tertiary/aromatic N) is 1. The van der Waals surface area contributed by atoms with Crippen molar-refractivity contribution in [3.05, 3.63) is 71.8 Å². The van der Waals surface area contributed by atoms with Crippen molar-refractivity contribution >= 4 is 18.1 Å². The summed E-state index contributed by atoms with van der Waals surface area (Å²) >= 11 is 0. The highest BCUT2D eigenvalue weighted by atomic mass is 16.6. The van der Waals surface area contributed by atoms with Gasteiger partial charge in [0, 0.05) is 6.54 Å². The zero-order valence-electron chi connectivity index (χ0n) is 19.5. The summed E-state index contributed by atoms with van der Waals surface area (Å²) in [7, 11) is 0. The van der Waals surface area contributed by atoms with Crippen LogP contribution in [0.3, 0.4) is 0 Å². The maximum Gasteiger partial charge on any atom is 0.420 e. The molecule has 0 fully saturated rings. The third-order valence-corrected chi connectivity index (χ3v) is 4.60. The lowest BCUT2D eigenvalue weighted by Crippen LogP contribution is -2.53. The molecule has 0 aliphatic rings. The van der Waals surface area contributed by atoms with Crippen molar-refractivity contribution in [2.75, 3.05) is 6.54 Å². The zero-order chi connectivity index (χ0) is 24.3. The minimum absolute atomic E-state index is 0.0474. The number of nitrogens with one attached hydrogen (secondary N) is 1. The van der Waals surface area contributed by atoms with E-state index in [1.165, 1.54) is 0 Å². The molecule has 1 atom stereocenters. The lowest BCUT2D eigenvalue weighted by atomic mass is 10.1. The number of carbonyl (C=O) groups is 3. The third kappa shape index (κ3) is 8.94. The minimum atomic E-state index is -1.13. The van der Waals surface area contributed by atoms with E-state index in [1.54, 1.807) is 32.9 Å². The van der Waals surface area contributed by atoms with Gasteiger partial charge in [0.25, 0.3) is 0 Å². The van der Waals surface area contributed by atoms with E-state index >= 15 is 0 Å². The number of hydrogen-bond donors (Lipinski definition) is 2. The number of carbonyl (C=O) groups excluding carboxylic acids is 3. The van der Waals surface area contributed by atoms with Crippen molar-refractivity contribution in [2.24, 2.45) is 5.73 Å². The standard InChI is InChI=1S/C25H33N3O5/c1-25(2,3)33-24(31)28(23(30)32-18-20-13-8-5-9-14-20)21(15-10-16-26)22(29)27-17-19-11-6-4-7-12-19/h4-9,11-14,21H,10,15-18,26H2,1-3H3,(H,27,29). The fraction of sp³-hybridized carbons (Fsp3) is 0.400. The lowest BCUT2D eigenvalue weighted by Gasteiger charge is -2.30. The Hall–Kier alpha value is -3.39. The predicted molar refractivity (Wildman–Crippen MR) is 125 cm³/mol. The van der Waals surface area contributed by atoms with Crippen molar-refractivity contribution in [3.8, 4) is 0 Å². The molecule has 2 aromatic rings. The van der Waals surface area contributed by atoms with E-state index in [0.717, 1.165) is 16.0 Å². The summed E-state index contributed by atoms with van der Waals surface area (Å²) < 4.78 is 10.8. The van der Waals surface area contributed by atoms with E-state index in [0.29, 0.717) is 13.0 Å². The third-order valence-electron chi connectivity index (χ3n) is 4.60. The molecule has 178 valence electrons. The molecule has 8 nitrogen and oxygen atoms in total. The molecule has 0 aliphatic heterocycles. The Morgan fingerprint density at radius 2 is 1.52 bits per heavy atom. The molecule has 8 heteroatoms. The summed E-state index contributed by atoms with van der Waals surface area (Å²) in [6.07, 6.45) is -1.30. The van der Waals surface area contributed by atoms with E-state index < -0.39 is 29.7 Å². The van der Waals surface area contributed by atoms with Gasteiger partial charge in [0.2, 0.25) is 5.91 Å². The highest BCUT2D eigenvalue weighted by Crippen LogP contribution is 2.17. The van der Waals surface area contributed by atoms with Gasteiger partial charge in [0.05, 0.1) is 0 Å². The Balaban J connectivity index is 2.23. The summed E-state index contributed by atoms with van der Waals surface area (Å²) in [6.45, 7) is 5.55. The molecule has 0 bridgehead atoms. The number of imide groups is 1. The van der Waals surface area contributed by atoms with Crippen LogP contribution in [0.1, 0.15) is 44.7 Å². The maximum atomic E-state index is 13.1. The van der Waals surface area contributed by atoms with E-state index in [4.69, 9.17) is 15.2 Å². The minimum Gasteiger partial charge on any atom is -0.444 e. The summed E-state index contributed by atoms with van der Waals surface area (Å²) in [5.41, 5.74) is 6.42. The number of benzene rings is 2. The molecule has 0 aromatic heterocycles. The van der Waals surface area contributed by atoms with E-state index in [1.807, 2.05) is 48.5 Å². The molecule has 0 radical (unpaired) electrons. The van der Waals surface area contributed by atoms with Crippen LogP contribution in [0.25, 0.3) is 0 Å². The van der Waals surface area contributed by atoms with Gasteiger partial charge in [0.15, 0.2) is 0 Å². The van der Waals surface area contributed by atoms with Crippen molar-refractivity contribution < 1.29 is 23.9 Å². The fourth-order valence-electron chi connectivity index (χ4n) is 3.02. The first kappa shape index (κ1) is 25.9. The zero-order valence-corrected chi connectivity index (χ0v) is 19.5. The van der Waals surface area contributed by atoms with Crippen LogP contribution in [0.4, 0.5) is 9.59 Å². The summed E-state index contributed by atoms with van der Waals surface area (Å²) in [4.78, 5) is 39.9. The topological polar surface area (TPSA) is 111 Å². The quantitative estimate of drug-likeness (QED) is 0.592. The molecule has 0 heterocycles. The molecule has 0 aliphatic carbocycles. The Morgan fingerprint density at radius 3 is 2.06 bits per heavy atom. The van der Waals surface area contributed by atoms with E-state index in [9.17, 15) is 14.4 Å². The molecule has 0 saturated heterocycles. The van der Waals surface area contributed by atoms with Crippen molar-refractivity contribution in [1.29, 1.82) is 0 Å².